The second kappa shape index (κ2) is 8.32. The van der Waals surface area contributed by atoms with E-state index in [1.54, 1.807) is 29.1 Å². The maximum Gasteiger partial charge on any atom is 0.270 e. The molecule has 2 N–H and O–H groups in total. The van der Waals surface area contributed by atoms with Crippen molar-refractivity contribution in [1.29, 1.82) is 0 Å². The predicted molar refractivity (Wildman–Crippen MR) is 114 cm³/mol. The summed E-state index contributed by atoms with van der Waals surface area (Å²) in [5, 5.41) is 7.04. The molecule has 2 atom stereocenters. The van der Waals surface area contributed by atoms with Crippen LogP contribution in [-0.4, -0.2) is 38.4 Å². The standard InChI is InChI=1S/C21H22BrN5O2/c1-27-10-4-7-18(27)21(29)26-16-6-3-2-5-15(16)25-20(28)17-9-8-13-11-23-12-14(22)19(13)24-17/h4,7-12,15-16H,2-3,5-6H2,1H3,(H,25,28)(H,26,29)/t15-,16-/m1/s1. The van der Waals surface area contributed by atoms with Crippen LogP contribution < -0.4 is 10.6 Å². The highest BCUT2D eigenvalue weighted by atomic mass is 79.9. The van der Waals surface area contributed by atoms with E-state index in [0.717, 1.165) is 35.5 Å². The van der Waals surface area contributed by atoms with Crippen molar-refractivity contribution in [2.45, 2.75) is 37.8 Å². The van der Waals surface area contributed by atoms with E-state index in [0.29, 0.717) is 16.9 Å². The second-order valence-electron chi connectivity index (χ2n) is 7.34. The molecule has 0 aromatic carbocycles. The van der Waals surface area contributed by atoms with Gasteiger partial charge in [0.1, 0.15) is 11.4 Å². The number of aromatic nitrogens is 3. The lowest BCUT2D eigenvalue weighted by molar-refractivity contribution is 0.0856. The van der Waals surface area contributed by atoms with Crippen LogP contribution in [0, 0.1) is 0 Å². The molecule has 1 saturated carbocycles. The lowest BCUT2D eigenvalue weighted by Gasteiger charge is -2.32. The van der Waals surface area contributed by atoms with Crippen LogP contribution in [0.15, 0.2) is 47.3 Å². The number of aryl methyl sites for hydroxylation is 1. The van der Waals surface area contributed by atoms with Crippen LogP contribution in [0.4, 0.5) is 0 Å². The average Bonchev–Trinajstić information content (AvgIpc) is 3.15. The van der Waals surface area contributed by atoms with Crippen molar-refractivity contribution in [3.63, 3.8) is 0 Å². The Morgan fingerprint density at radius 3 is 2.48 bits per heavy atom. The quantitative estimate of drug-likeness (QED) is 0.631. The zero-order valence-electron chi connectivity index (χ0n) is 16.1. The van der Waals surface area contributed by atoms with Gasteiger partial charge in [-0.05, 0) is 53.0 Å². The molecule has 3 aromatic heterocycles. The van der Waals surface area contributed by atoms with Gasteiger partial charge in [0.25, 0.3) is 11.8 Å². The monoisotopic (exact) mass is 455 g/mol. The number of fused-ring (bicyclic) bond motifs is 1. The second-order valence-corrected chi connectivity index (χ2v) is 8.19. The van der Waals surface area contributed by atoms with Crippen molar-refractivity contribution in [2.75, 3.05) is 0 Å². The third-order valence-electron chi connectivity index (χ3n) is 5.36. The van der Waals surface area contributed by atoms with E-state index in [1.807, 2.05) is 25.4 Å². The fourth-order valence-corrected chi connectivity index (χ4v) is 4.23. The van der Waals surface area contributed by atoms with E-state index in [1.165, 1.54) is 0 Å². The summed E-state index contributed by atoms with van der Waals surface area (Å²) in [5.41, 5.74) is 1.66. The molecule has 150 valence electrons. The van der Waals surface area contributed by atoms with Crippen molar-refractivity contribution < 1.29 is 9.59 Å². The van der Waals surface area contributed by atoms with Crippen LogP contribution in [0.25, 0.3) is 10.9 Å². The van der Waals surface area contributed by atoms with Gasteiger partial charge < -0.3 is 15.2 Å². The Morgan fingerprint density at radius 1 is 1.07 bits per heavy atom. The molecule has 3 aromatic rings. The molecule has 29 heavy (non-hydrogen) atoms. The minimum Gasteiger partial charge on any atom is -0.347 e. The smallest absolute Gasteiger partial charge is 0.270 e. The van der Waals surface area contributed by atoms with E-state index >= 15 is 0 Å². The Morgan fingerprint density at radius 2 is 1.79 bits per heavy atom. The molecule has 1 aliphatic rings. The van der Waals surface area contributed by atoms with Gasteiger partial charge in [-0.15, -0.1) is 0 Å². The van der Waals surface area contributed by atoms with Crippen molar-refractivity contribution in [3.05, 3.63) is 58.7 Å². The molecule has 3 heterocycles. The van der Waals surface area contributed by atoms with Crippen LogP contribution in [0.1, 0.15) is 46.7 Å². The van der Waals surface area contributed by atoms with Gasteiger partial charge in [0.15, 0.2) is 0 Å². The van der Waals surface area contributed by atoms with Crippen LogP contribution in [0.2, 0.25) is 0 Å². The minimum atomic E-state index is -0.236. The fourth-order valence-electron chi connectivity index (χ4n) is 3.79. The van der Waals surface area contributed by atoms with Crippen molar-refractivity contribution in [2.24, 2.45) is 7.05 Å². The summed E-state index contributed by atoms with van der Waals surface area (Å²) in [6, 6.07) is 6.94. The Bertz CT molecular complexity index is 1060. The molecule has 0 saturated heterocycles. The van der Waals surface area contributed by atoms with Crippen LogP contribution in [-0.2, 0) is 7.05 Å². The zero-order chi connectivity index (χ0) is 20.4. The number of rotatable bonds is 4. The Kier molecular flexibility index (Phi) is 5.62. The Balaban J connectivity index is 1.49. The van der Waals surface area contributed by atoms with Crippen molar-refractivity contribution in [1.82, 2.24) is 25.2 Å². The molecular formula is C21H22BrN5O2. The van der Waals surface area contributed by atoms with E-state index < -0.39 is 0 Å². The highest BCUT2D eigenvalue weighted by molar-refractivity contribution is 9.10. The number of carbonyl (C=O) groups is 2. The normalized spacial score (nSPS) is 19.1. The third kappa shape index (κ3) is 4.17. The molecule has 4 rings (SSSR count). The number of carbonyl (C=O) groups excluding carboxylic acids is 2. The molecule has 0 bridgehead atoms. The zero-order valence-corrected chi connectivity index (χ0v) is 17.6. The SMILES string of the molecule is Cn1cccc1C(=O)N[C@@H]1CCCC[C@H]1NC(=O)c1ccc2cncc(Br)c2n1. The van der Waals surface area contributed by atoms with Gasteiger partial charge in [-0.3, -0.25) is 14.6 Å². The van der Waals surface area contributed by atoms with Gasteiger partial charge in [-0.2, -0.15) is 0 Å². The lowest BCUT2D eigenvalue weighted by atomic mass is 9.90. The van der Waals surface area contributed by atoms with Crippen molar-refractivity contribution >= 4 is 38.6 Å². The predicted octanol–water partition coefficient (Wildman–Crippen LogP) is 3.20. The maximum absolute atomic E-state index is 12.9. The third-order valence-corrected chi connectivity index (χ3v) is 5.94. The van der Waals surface area contributed by atoms with E-state index in [9.17, 15) is 9.59 Å². The van der Waals surface area contributed by atoms with Gasteiger partial charge in [-0.1, -0.05) is 12.8 Å². The number of hydrogen-bond donors (Lipinski definition) is 2. The van der Waals surface area contributed by atoms with Crippen LogP contribution in [0.3, 0.4) is 0 Å². The largest absolute Gasteiger partial charge is 0.347 e. The fraction of sp³-hybridized carbons (Fsp3) is 0.333. The van der Waals surface area contributed by atoms with Gasteiger partial charge in [-0.25, -0.2) is 4.98 Å². The molecule has 0 aliphatic heterocycles. The first-order valence-electron chi connectivity index (χ1n) is 9.66. The summed E-state index contributed by atoms with van der Waals surface area (Å²) < 4.78 is 2.53. The van der Waals surface area contributed by atoms with Crippen LogP contribution >= 0.6 is 15.9 Å². The number of nitrogens with zero attached hydrogens (tertiary/aromatic N) is 3. The van der Waals surface area contributed by atoms with Gasteiger partial charge in [0, 0.05) is 43.1 Å². The van der Waals surface area contributed by atoms with E-state index in [2.05, 4.69) is 36.5 Å². The van der Waals surface area contributed by atoms with Gasteiger partial charge in [0.05, 0.1) is 9.99 Å². The van der Waals surface area contributed by atoms with Crippen molar-refractivity contribution in [3.8, 4) is 0 Å². The summed E-state index contributed by atoms with van der Waals surface area (Å²) in [6.07, 6.45) is 8.92. The number of halogens is 1. The number of amides is 2. The Hall–Kier alpha value is -2.74. The molecular weight excluding hydrogens is 434 g/mol. The summed E-state index contributed by atoms with van der Waals surface area (Å²) in [5.74, 6) is -0.357. The first-order chi connectivity index (χ1) is 14.0. The first kappa shape index (κ1) is 19.6. The molecule has 1 fully saturated rings. The molecule has 0 radical (unpaired) electrons. The van der Waals surface area contributed by atoms with Crippen LogP contribution in [0.5, 0.6) is 0 Å². The molecule has 1 aliphatic carbocycles. The van der Waals surface area contributed by atoms with E-state index in [-0.39, 0.29) is 23.9 Å². The number of hydrogen-bond acceptors (Lipinski definition) is 4. The summed E-state index contributed by atoms with van der Waals surface area (Å²) in [7, 11) is 1.84. The average molecular weight is 456 g/mol. The molecule has 0 unspecified atom stereocenters. The summed E-state index contributed by atoms with van der Waals surface area (Å²) >= 11 is 3.43. The molecule has 0 spiro atoms. The van der Waals surface area contributed by atoms with Gasteiger partial charge in [0.2, 0.25) is 0 Å². The molecule has 8 heteroatoms. The molecule has 2 amide bonds. The minimum absolute atomic E-state index is 0.105. The lowest BCUT2D eigenvalue weighted by Crippen LogP contribution is -2.53. The first-order valence-corrected chi connectivity index (χ1v) is 10.5. The van der Waals surface area contributed by atoms with Gasteiger partial charge >= 0.3 is 0 Å². The number of pyridine rings is 2. The topological polar surface area (TPSA) is 88.9 Å². The van der Waals surface area contributed by atoms with E-state index in [4.69, 9.17) is 0 Å². The molecule has 7 nitrogen and oxygen atoms in total. The highest BCUT2D eigenvalue weighted by Crippen LogP contribution is 2.22. The maximum atomic E-state index is 12.9. The summed E-state index contributed by atoms with van der Waals surface area (Å²) in [4.78, 5) is 34.1. The summed E-state index contributed by atoms with van der Waals surface area (Å²) in [6.45, 7) is 0. The number of nitrogens with one attached hydrogen (secondary N) is 2. The Labute approximate surface area is 177 Å². The highest BCUT2D eigenvalue weighted by Gasteiger charge is 2.29.